The molecule has 2 spiro atoms. The SMILES string of the molecule is C.CC1(C)c2ccccc2-c2ccc(N(c3ccc(-c4ccccc4)cc3)c3ccc(-c4cccc5c4-c4ccccc4C54c5ccccc5C(C)(C)c5ccccc54)c4ccccc34)cc21.CC1(C)c2ccccc2-c2ccc(Nc3ccc(-c4ccccc4)cc3)cc21.CC1(C)c2ccccc2C2(c3ccccc3-c3c(-c4ccc(Cl)c5ccccc45)cccc32)c2ccccc21. The van der Waals surface area contributed by atoms with Crippen molar-refractivity contribution in [1.82, 2.24) is 0 Å². The number of benzene rings is 20. The molecule has 20 aromatic rings. The zero-order valence-electron chi connectivity index (χ0n) is 76.0. The maximum absolute atomic E-state index is 6.67. The molecular weight excluding hydrogens is 1640 g/mol. The molecule has 0 radical (unpaired) electrons. The Morgan fingerprint density at radius 3 is 0.955 bits per heavy atom. The van der Waals surface area contributed by atoms with Gasteiger partial charge in [0.2, 0.25) is 0 Å². The van der Waals surface area contributed by atoms with Crippen molar-refractivity contribution in [3.63, 3.8) is 0 Å². The quantitative estimate of drug-likeness (QED) is 0.155. The average molecular weight is 1740 g/mol. The lowest BCUT2D eigenvalue weighted by Crippen LogP contribution is -2.40. The van der Waals surface area contributed by atoms with Crippen LogP contribution in [0.1, 0.15) is 152 Å². The smallest absolute Gasteiger partial charge is 0.0719 e. The minimum atomic E-state index is -0.454. The molecule has 26 rings (SSSR count). The van der Waals surface area contributed by atoms with Gasteiger partial charge in [-0.3, -0.25) is 0 Å². The summed E-state index contributed by atoms with van der Waals surface area (Å²) in [7, 11) is 0. The van der Waals surface area contributed by atoms with Crippen molar-refractivity contribution in [2.75, 3.05) is 10.2 Å². The minimum absolute atomic E-state index is 0. The number of rotatable bonds is 9. The number of anilines is 5. The summed E-state index contributed by atoms with van der Waals surface area (Å²) in [6.45, 7) is 18.9. The Labute approximate surface area is 793 Å². The fourth-order valence-corrected chi connectivity index (χ4v) is 24.7. The highest BCUT2D eigenvalue weighted by Gasteiger charge is 2.56. The standard InChI is InChI=1S/C65H49N.C38H27Cl.C27H23N.CH4/c1-63(2)53-26-12-10-22-48(53)49-38-37-45(41-60(49)63)66(44-35-33-43(34-36-44)42-19-6-5-7-20-42)61-40-39-47(46-21-8-9-23-50(46)61)51-25-18-32-59-62(51)52-24-11-13-27-54(52)65(59)57-30-16-14-28-55(57)64(3,4)56-29-15-17-31-58(56)65;1-37(2)30-17-7-9-19-32(30)38(33-20-10-8-18-31(33)37)29-16-6-5-14-28(29)36-27(15-11-21-34(36)38)25-22-23-35(39)26-13-4-3-12-24(25)26;1-27(2)25-11-7-6-10-23(25)24-17-16-22(18-26(24)27)28-21-14-12-20(13-15-21)19-8-4-3-5-9-19;/h5-41H,1-4H3;3-23H,1-2H3;3-18,28H,1-2H3;1H4. The van der Waals surface area contributed by atoms with Crippen LogP contribution in [0.2, 0.25) is 5.02 Å². The predicted molar refractivity (Wildman–Crippen MR) is 566 cm³/mol. The summed E-state index contributed by atoms with van der Waals surface area (Å²) in [4.78, 5) is 2.48. The first-order valence-corrected chi connectivity index (χ1v) is 47.3. The molecule has 0 heterocycles. The fourth-order valence-electron chi connectivity index (χ4n) is 24.5. The molecule has 0 amide bonds. The van der Waals surface area contributed by atoms with Crippen LogP contribution in [0, 0.1) is 0 Å². The van der Waals surface area contributed by atoms with Gasteiger partial charge in [0.1, 0.15) is 0 Å². The number of fused-ring (bicyclic) bond motifs is 26. The Morgan fingerprint density at radius 1 is 0.194 bits per heavy atom. The molecule has 6 aliphatic carbocycles. The normalized spacial score (nSPS) is 14.8. The van der Waals surface area contributed by atoms with Gasteiger partial charge in [-0.2, -0.15) is 0 Å². The Bertz CT molecular complexity index is 8000. The fraction of sp³-hybridized carbons (Fsp3) is 0.115. The van der Waals surface area contributed by atoms with Crippen molar-refractivity contribution in [3.8, 4) is 89.0 Å². The maximum Gasteiger partial charge on any atom is 0.0719 e. The first kappa shape index (κ1) is 83.2. The van der Waals surface area contributed by atoms with Crippen molar-refractivity contribution in [3.05, 3.63) is 543 Å². The van der Waals surface area contributed by atoms with Crippen LogP contribution in [0.5, 0.6) is 0 Å². The van der Waals surface area contributed by atoms with Gasteiger partial charge in [0.25, 0.3) is 0 Å². The van der Waals surface area contributed by atoms with Gasteiger partial charge in [-0.15, -0.1) is 0 Å². The summed E-state index contributed by atoms with van der Waals surface area (Å²) in [5.74, 6) is 0. The van der Waals surface area contributed by atoms with Crippen molar-refractivity contribution < 1.29 is 0 Å². The summed E-state index contributed by atoms with van der Waals surface area (Å²) in [6, 6.07) is 166. The highest BCUT2D eigenvalue weighted by Crippen LogP contribution is 2.67. The van der Waals surface area contributed by atoms with Crippen LogP contribution in [0.4, 0.5) is 28.4 Å². The monoisotopic (exact) mass is 1740 g/mol. The molecule has 0 atom stereocenters. The lowest BCUT2D eigenvalue weighted by molar-refractivity contribution is 0.563. The van der Waals surface area contributed by atoms with E-state index in [0.717, 1.165) is 38.8 Å². The van der Waals surface area contributed by atoms with E-state index in [0.29, 0.717) is 0 Å². The third-order valence-corrected chi connectivity index (χ3v) is 31.0. The van der Waals surface area contributed by atoms with E-state index in [1.807, 2.05) is 12.1 Å². The summed E-state index contributed by atoms with van der Waals surface area (Å²) >= 11 is 6.67. The molecule has 2 nitrogen and oxygen atoms in total. The molecule has 644 valence electrons. The Hall–Kier alpha value is -15.2. The highest BCUT2D eigenvalue weighted by atomic mass is 35.5. The van der Waals surface area contributed by atoms with Gasteiger partial charge < -0.3 is 10.2 Å². The number of nitrogens with one attached hydrogen (secondary N) is 1. The van der Waals surface area contributed by atoms with Crippen LogP contribution in [0.25, 0.3) is 111 Å². The van der Waals surface area contributed by atoms with Gasteiger partial charge in [0.05, 0.1) is 16.5 Å². The van der Waals surface area contributed by atoms with Crippen LogP contribution in [-0.2, 0) is 32.5 Å². The molecule has 0 saturated carbocycles. The van der Waals surface area contributed by atoms with Gasteiger partial charge in [-0.1, -0.05) is 463 Å². The molecule has 0 aliphatic heterocycles. The van der Waals surface area contributed by atoms with E-state index in [-0.39, 0.29) is 34.5 Å². The molecule has 6 aliphatic rings. The zero-order chi connectivity index (χ0) is 89.9. The molecule has 1 N–H and O–H groups in total. The van der Waals surface area contributed by atoms with E-state index < -0.39 is 5.41 Å². The van der Waals surface area contributed by atoms with Crippen LogP contribution in [0.15, 0.2) is 449 Å². The van der Waals surface area contributed by atoms with Crippen molar-refractivity contribution in [2.24, 2.45) is 0 Å². The van der Waals surface area contributed by atoms with Crippen LogP contribution >= 0.6 is 11.6 Å². The number of hydrogen-bond donors (Lipinski definition) is 1. The second kappa shape index (κ2) is 31.8. The number of halogens is 1. The topological polar surface area (TPSA) is 15.3 Å². The summed E-state index contributed by atoms with van der Waals surface area (Å²) in [5, 5.41) is 9.07. The lowest BCUT2D eigenvalue weighted by Gasteiger charge is -2.46. The Morgan fingerprint density at radius 2 is 0.493 bits per heavy atom. The van der Waals surface area contributed by atoms with Crippen LogP contribution < -0.4 is 10.2 Å². The van der Waals surface area contributed by atoms with E-state index in [1.54, 1.807) is 0 Å². The second-order valence-electron chi connectivity index (χ2n) is 38.9. The predicted octanol–water partition coefficient (Wildman–Crippen LogP) is 35.2. The third kappa shape index (κ3) is 12.4. The van der Waals surface area contributed by atoms with Crippen molar-refractivity contribution >= 4 is 61.6 Å². The van der Waals surface area contributed by atoms with E-state index in [9.17, 15) is 0 Å². The molecule has 0 fully saturated rings. The van der Waals surface area contributed by atoms with Gasteiger partial charge >= 0.3 is 0 Å². The summed E-state index contributed by atoms with van der Waals surface area (Å²) < 4.78 is 0. The molecule has 134 heavy (non-hydrogen) atoms. The lowest BCUT2D eigenvalue weighted by atomic mass is 9.55. The molecule has 3 heteroatoms. The van der Waals surface area contributed by atoms with E-state index >= 15 is 0 Å². The van der Waals surface area contributed by atoms with Gasteiger partial charge in [0.15, 0.2) is 0 Å². The first-order chi connectivity index (χ1) is 64.9. The van der Waals surface area contributed by atoms with Crippen LogP contribution in [-0.4, -0.2) is 0 Å². The first-order valence-electron chi connectivity index (χ1n) is 46.9. The van der Waals surface area contributed by atoms with E-state index in [4.69, 9.17) is 11.6 Å². The van der Waals surface area contributed by atoms with E-state index in [2.05, 4.69) is 502 Å². The highest BCUT2D eigenvalue weighted by molar-refractivity contribution is 6.36. The van der Waals surface area contributed by atoms with Crippen LogP contribution in [0.3, 0.4) is 0 Å². The molecule has 0 saturated heterocycles. The van der Waals surface area contributed by atoms with Gasteiger partial charge in [-0.25, -0.2) is 0 Å². The minimum Gasteiger partial charge on any atom is -0.356 e. The zero-order valence-corrected chi connectivity index (χ0v) is 76.8. The average Bonchev–Trinajstić information content (AvgIpc) is 1.57. The second-order valence-corrected chi connectivity index (χ2v) is 39.4. The largest absolute Gasteiger partial charge is 0.356 e. The molecule has 20 aromatic carbocycles. The Balaban J connectivity index is 0.000000126. The number of nitrogens with zero attached hydrogens (tertiary/aromatic N) is 1. The maximum atomic E-state index is 6.67. The Kier molecular flexibility index (Phi) is 19.7. The van der Waals surface area contributed by atoms with Crippen molar-refractivity contribution in [2.45, 2.75) is 95.3 Å². The molecule has 0 bridgehead atoms. The van der Waals surface area contributed by atoms with Gasteiger partial charge in [-0.05, 0) is 249 Å². The molecular formula is C131H103ClN2. The molecule has 0 unspecified atom stereocenters. The third-order valence-electron chi connectivity index (χ3n) is 30.7. The summed E-state index contributed by atoms with van der Waals surface area (Å²) in [5.41, 5.74) is 47.0. The van der Waals surface area contributed by atoms with Gasteiger partial charge in [0, 0.05) is 60.2 Å². The summed E-state index contributed by atoms with van der Waals surface area (Å²) in [6.07, 6.45) is 0. The number of hydrogen-bond acceptors (Lipinski definition) is 2. The van der Waals surface area contributed by atoms with Crippen molar-refractivity contribution in [1.29, 1.82) is 0 Å². The van der Waals surface area contributed by atoms with E-state index in [1.165, 1.54) is 194 Å². The molecule has 0 aromatic heterocycles.